The highest BCUT2D eigenvalue weighted by Crippen LogP contribution is 2.63. The van der Waals surface area contributed by atoms with Gasteiger partial charge in [-0.15, -0.1) is 0 Å². The summed E-state index contributed by atoms with van der Waals surface area (Å²) in [4.78, 5) is 5.47. The van der Waals surface area contributed by atoms with Crippen molar-refractivity contribution >= 4 is 27.2 Å². The molecule has 2 nitrogen and oxygen atoms in total. The highest BCUT2D eigenvalue weighted by Gasteiger charge is 2.41. The van der Waals surface area contributed by atoms with Gasteiger partial charge in [0.1, 0.15) is 0 Å². The van der Waals surface area contributed by atoms with Crippen molar-refractivity contribution in [2.75, 3.05) is 29.0 Å². The molecule has 3 aromatic carbocycles. The zero-order valence-corrected chi connectivity index (χ0v) is 29.6. The predicted octanol–water partition coefficient (Wildman–Crippen LogP) is 11.7. The lowest BCUT2D eigenvalue weighted by atomic mass is 9.93. The van der Waals surface area contributed by atoms with E-state index in [1.807, 2.05) is 0 Å². The lowest BCUT2D eigenvalue weighted by molar-refractivity contribution is 0.692. The monoisotopic (exact) mass is 588 g/mol. The van der Waals surface area contributed by atoms with E-state index in [0.29, 0.717) is 0 Å². The minimum Gasteiger partial charge on any atom is -0.348 e. The van der Waals surface area contributed by atoms with Crippen molar-refractivity contribution in [3.8, 4) is 22.3 Å². The van der Waals surface area contributed by atoms with Gasteiger partial charge in [-0.3, -0.25) is 0 Å². The maximum absolute atomic E-state index is 2.73. The van der Waals surface area contributed by atoms with Crippen LogP contribution >= 0.6 is 15.8 Å². The van der Waals surface area contributed by atoms with Crippen LogP contribution in [0.2, 0.25) is 0 Å². The quantitative estimate of drug-likeness (QED) is 0.264. The fraction of sp³-hybridized carbons (Fsp3) is 0.514. The second kappa shape index (κ2) is 11.7. The first-order valence-electron chi connectivity index (χ1n) is 15.2. The van der Waals surface area contributed by atoms with Gasteiger partial charge in [-0.2, -0.15) is 0 Å². The van der Waals surface area contributed by atoms with Crippen LogP contribution in [0.3, 0.4) is 0 Å². The second-order valence-electron chi connectivity index (χ2n) is 15.7. The third kappa shape index (κ3) is 7.37. The van der Waals surface area contributed by atoms with Crippen LogP contribution in [-0.2, 0) is 0 Å². The van der Waals surface area contributed by atoms with Gasteiger partial charge in [-0.25, -0.2) is 0 Å². The van der Waals surface area contributed by atoms with Crippen molar-refractivity contribution in [1.29, 1.82) is 0 Å². The van der Waals surface area contributed by atoms with Gasteiger partial charge in [-0.05, 0) is 55.0 Å². The number of rotatable bonds is 6. The molecule has 0 radical (unpaired) electrons. The highest BCUT2D eigenvalue weighted by molar-refractivity contribution is 7.61. The molecule has 1 aliphatic heterocycles. The van der Waals surface area contributed by atoms with E-state index in [1.54, 1.807) is 0 Å². The average Bonchev–Trinajstić information content (AvgIpc) is 3.19. The molecular formula is C37H54N2P2. The van der Waals surface area contributed by atoms with Crippen molar-refractivity contribution in [3.05, 3.63) is 72.8 Å². The van der Waals surface area contributed by atoms with Gasteiger partial charge in [0.2, 0.25) is 0 Å². The molecular weight excluding hydrogens is 534 g/mol. The zero-order valence-electron chi connectivity index (χ0n) is 27.8. The van der Waals surface area contributed by atoms with Gasteiger partial charge in [-0.1, -0.05) is 160 Å². The molecule has 41 heavy (non-hydrogen) atoms. The summed E-state index contributed by atoms with van der Waals surface area (Å²) in [7, 11) is -0.547. The summed E-state index contributed by atoms with van der Waals surface area (Å²) in [6.45, 7) is 30.4. The molecule has 0 saturated carbocycles. The van der Waals surface area contributed by atoms with Gasteiger partial charge < -0.3 is 9.80 Å². The molecule has 1 heterocycles. The molecule has 0 amide bonds. The van der Waals surface area contributed by atoms with Crippen molar-refractivity contribution in [2.45, 2.75) is 104 Å². The standard InChI is InChI=1S/C37H54N2P2/c1-34(2,3)40(35(4,5)6)26-38-25-39(27-41(36(7,8)9)37(10,11)12)33-24-31(29-21-17-14-18-22-29)30(23-32(33)38)28-19-15-13-16-20-28/h13-24H,25-27H2,1-12H3. The Hall–Kier alpha value is -1.88. The minimum atomic E-state index is -0.274. The molecule has 222 valence electrons. The van der Waals surface area contributed by atoms with E-state index in [1.165, 1.54) is 33.6 Å². The van der Waals surface area contributed by atoms with Crippen LogP contribution in [0.5, 0.6) is 0 Å². The number of hydrogen-bond donors (Lipinski definition) is 0. The van der Waals surface area contributed by atoms with Crippen LogP contribution in [0.25, 0.3) is 22.3 Å². The molecule has 4 rings (SSSR count). The fourth-order valence-electron chi connectivity index (χ4n) is 6.60. The number of benzene rings is 3. The van der Waals surface area contributed by atoms with E-state index in [2.05, 4.69) is 166 Å². The predicted molar refractivity (Wildman–Crippen MR) is 190 cm³/mol. The van der Waals surface area contributed by atoms with Gasteiger partial charge in [0.05, 0.1) is 18.0 Å². The molecule has 0 saturated heterocycles. The average molecular weight is 589 g/mol. The van der Waals surface area contributed by atoms with Crippen LogP contribution in [0, 0.1) is 0 Å². The van der Waals surface area contributed by atoms with E-state index in [-0.39, 0.29) is 36.5 Å². The molecule has 0 spiro atoms. The zero-order chi connectivity index (χ0) is 30.4. The third-order valence-electron chi connectivity index (χ3n) is 8.17. The maximum atomic E-state index is 2.73. The molecule has 1 aliphatic rings. The molecule has 0 bridgehead atoms. The van der Waals surface area contributed by atoms with E-state index in [0.717, 1.165) is 19.2 Å². The first-order chi connectivity index (χ1) is 18.9. The van der Waals surface area contributed by atoms with E-state index in [9.17, 15) is 0 Å². The van der Waals surface area contributed by atoms with Gasteiger partial charge in [0, 0.05) is 12.6 Å². The van der Waals surface area contributed by atoms with Crippen LogP contribution in [0.4, 0.5) is 11.4 Å². The molecule has 0 aromatic heterocycles. The Balaban J connectivity index is 1.92. The summed E-state index contributed by atoms with van der Waals surface area (Å²) in [6, 6.07) is 27.0. The van der Waals surface area contributed by atoms with Gasteiger partial charge in [0.25, 0.3) is 0 Å². The lowest BCUT2D eigenvalue weighted by Gasteiger charge is -2.45. The Morgan fingerprint density at radius 1 is 0.488 bits per heavy atom. The van der Waals surface area contributed by atoms with Crippen LogP contribution in [-0.4, -0.2) is 39.9 Å². The van der Waals surface area contributed by atoms with Gasteiger partial charge >= 0.3 is 0 Å². The van der Waals surface area contributed by atoms with Crippen molar-refractivity contribution in [2.24, 2.45) is 0 Å². The number of fused-ring (bicyclic) bond motifs is 1. The highest BCUT2D eigenvalue weighted by atomic mass is 31.1. The molecule has 0 N–H and O–H groups in total. The molecule has 4 heteroatoms. The third-order valence-corrected chi connectivity index (χ3v) is 15.9. The normalized spacial score (nSPS) is 14.8. The lowest BCUT2D eigenvalue weighted by Crippen LogP contribution is -2.38. The minimum absolute atomic E-state index is 0.274. The maximum Gasteiger partial charge on any atom is 0.0911 e. The summed E-state index contributed by atoms with van der Waals surface area (Å²) in [5, 5.41) is 1.10. The molecule has 0 unspecified atom stereocenters. The fourth-order valence-corrected chi connectivity index (χ4v) is 13.5. The van der Waals surface area contributed by atoms with Gasteiger partial charge in [0.15, 0.2) is 0 Å². The Kier molecular flexibility index (Phi) is 9.11. The summed E-state index contributed by atoms with van der Waals surface area (Å²) in [5.41, 5.74) is 8.03. The van der Waals surface area contributed by atoms with E-state index >= 15 is 0 Å². The Bertz CT molecular complexity index is 1180. The largest absolute Gasteiger partial charge is 0.348 e. The summed E-state index contributed by atoms with van der Waals surface area (Å²) < 4.78 is 0. The summed E-state index contributed by atoms with van der Waals surface area (Å²) >= 11 is 0. The first-order valence-corrected chi connectivity index (χ1v) is 18.3. The van der Waals surface area contributed by atoms with Crippen molar-refractivity contribution in [3.63, 3.8) is 0 Å². The van der Waals surface area contributed by atoms with Crippen LogP contribution in [0.15, 0.2) is 72.8 Å². The first kappa shape index (κ1) is 32.0. The number of hydrogen-bond acceptors (Lipinski definition) is 2. The Morgan fingerprint density at radius 3 is 1.05 bits per heavy atom. The summed E-state index contributed by atoms with van der Waals surface area (Å²) in [5.74, 6) is 0. The van der Waals surface area contributed by atoms with E-state index < -0.39 is 0 Å². The van der Waals surface area contributed by atoms with E-state index in [4.69, 9.17) is 0 Å². The SMILES string of the molecule is CC(C)(C)P(CN1CN(CP(C(C)(C)C)C(C)(C)C)c2cc(-c3ccccc3)c(-c3ccccc3)cc21)C(C)(C)C. The number of anilines is 2. The molecule has 3 aromatic rings. The summed E-state index contributed by atoms with van der Waals surface area (Å²) in [6.07, 6.45) is 2.24. The Labute approximate surface area is 254 Å². The Morgan fingerprint density at radius 2 is 0.780 bits per heavy atom. The van der Waals surface area contributed by atoms with Crippen molar-refractivity contribution < 1.29 is 0 Å². The van der Waals surface area contributed by atoms with Crippen LogP contribution < -0.4 is 9.80 Å². The van der Waals surface area contributed by atoms with Crippen LogP contribution in [0.1, 0.15) is 83.1 Å². The molecule has 0 fully saturated rings. The second-order valence-corrected chi connectivity index (χ2v) is 23.3. The van der Waals surface area contributed by atoms with Crippen molar-refractivity contribution in [1.82, 2.24) is 0 Å². The smallest absolute Gasteiger partial charge is 0.0911 e. The number of nitrogens with zero attached hydrogens (tertiary/aromatic N) is 2. The topological polar surface area (TPSA) is 6.48 Å². The molecule has 0 aliphatic carbocycles. The molecule has 0 atom stereocenters.